The second-order valence-electron chi connectivity index (χ2n) is 4.12. The number of carbonyl (C=O) groups is 1. The van der Waals surface area contributed by atoms with Crippen LogP contribution in [0.2, 0.25) is 0 Å². The molecule has 0 N–H and O–H groups in total. The number of nitrogens with zero attached hydrogens (tertiary/aromatic N) is 2. The molecular formula is C12H15F3N2OS. The third kappa shape index (κ3) is 3.86. The molecule has 1 aromatic heterocycles. The van der Waals surface area contributed by atoms with E-state index in [-0.39, 0.29) is 6.04 Å². The minimum atomic E-state index is -4.63. The van der Waals surface area contributed by atoms with Crippen molar-refractivity contribution in [1.29, 1.82) is 0 Å². The molecule has 1 amide bonds. The Balaban J connectivity index is 3.07. The van der Waals surface area contributed by atoms with E-state index in [2.05, 4.69) is 4.98 Å². The van der Waals surface area contributed by atoms with Crippen molar-refractivity contribution in [2.75, 3.05) is 19.1 Å². The van der Waals surface area contributed by atoms with Gasteiger partial charge in [0, 0.05) is 25.0 Å². The fourth-order valence-corrected chi connectivity index (χ4v) is 2.25. The van der Waals surface area contributed by atoms with E-state index >= 15 is 0 Å². The van der Waals surface area contributed by atoms with Gasteiger partial charge in [0.2, 0.25) is 0 Å². The maximum atomic E-state index is 12.8. The first-order chi connectivity index (χ1) is 8.79. The van der Waals surface area contributed by atoms with Gasteiger partial charge in [0.1, 0.15) is 0 Å². The molecule has 0 saturated heterocycles. The summed E-state index contributed by atoms with van der Waals surface area (Å²) < 4.78 is 38.4. The van der Waals surface area contributed by atoms with Gasteiger partial charge in [-0.05, 0) is 25.3 Å². The van der Waals surface area contributed by atoms with Crippen molar-refractivity contribution < 1.29 is 18.0 Å². The maximum absolute atomic E-state index is 12.8. The van der Waals surface area contributed by atoms with E-state index in [4.69, 9.17) is 0 Å². The molecule has 7 heteroatoms. The van der Waals surface area contributed by atoms with Crippen LogP contribution in [0, 0.1) is 0 Å². The number of aromatic nitrogens is 1. The summed E-state index contributed by atoms with van der Waals surface area (Å²) in [6.07, 6.45) is -1.72. The molecule has 0 bridgehead atoms. The number of hydrogen-bond acceptors (Lipinski definition) is 3. The summed E-state index contributed by atoms with van der Waals surface area (Å²) in [4.78, 5) is 16.7. The monoisotopic (exact) mass is 292 g/mol. The van der Waals surface area contributed by atoms with Crippen LogP contribution in [0.5, 0.6) is 0 Å². The lowest BCUT2D eigenvalue weighted by atomic mass is 10.1. The zero-order valence-electron chi connectivity index (χ0n) is 10.9. The SMILES string of the molecule is CSC[C@@H](C)N(C)C(=O)c1cccnc1C(F)(F)F. The van der Waals surface area contributed by atoms with Crippen LogP contribution in [0.25, 0.3) is 0 Å². The van der Waals surface area contributed by atoms with E-state index in [0.29, 0.717) is 5.75 Å². The summed E-state index contributed by atoms with van der Waals surface area (Å²) in [7, 11) is 1.50. The third-order valence-electron chi connectivity index (χ3n) is 2.70. The van der Waals surface area contributed by atoms with Crippen molar-refractivity contribution in [3.05, 3.63) is 29.6 Å². The highest BCUT2D eigenvalue weighted by Gasteiger charge is 2.37. The van der Waals surface area contributed by atoms with Crippen molar-refractivity contribution >= 4 is 17.7 Å². The highest BCUT2D eigenvalue weighted by Crippen LogP contribution is 2.30. The molecule has 106 valence electrons. The normalized spacial score (nSPS) is 13.2. The Bertz CT molecular complexity index is 451. The molecule has 19 heavy (non-hydrogen) atoms. The zero-order chi connectivity index (χ0) is 14.6. The zero-order valence-corrected chi connectivity index (χ0v) is 11.7. The van der Waals surface area contributed by atoms with E-state index < -0.39 is 23.3 Å². The summed E-state index contributed by atoms with van der Waals surface area (Å²) in [5.74, 6) is -0.00824. The van der Waals surface area contributed by atoms with Gasteiger partial charge >= 0.3 is 6.18 Å². The Labute approximate surface area is 114 Å². The number of hydrogen-bond donors (Lipinski definition) is 0. The van der Waals surface area contributed by atoms with E-state index in [9.17, 15) is 18.0 Å². The van der Waals surface area contributed by atoms with Crippen molar-refractivity contribution in [3.8, 4) is 0 Å². The summed E-state index contributed by atoms with van der Waals surface area (Å²) in [5.41, 5.74) is -1.55. The van der Waals surface area contributed by atoms with Crippen LogP contribution in [0.3, 0.4) is 0 Å². The number of alkyl halides is 3. The van der Waals surface area contributed by atoms with Gasteiger partial charge in [-0.15, -0.1) is 0 Å². The Morgan fingerprint density at radius 1 is 1.53 bits per heavy atom. The topological polar surface area (TPSA) is 33.2 Å². The Morgan fingerprint density at radius 3 is 2.68 bits per heavy atom. The Kier molecular flexibility index (Phi) is 5.22. The fraction of sp³-hybridized carbons (Fsp3) is 0.500. The maximum Gasteiger partial charge on any atom is 0.434 e. The number of rotatable bonds is 4. The number of pyridine rings is 1. The average molecular weight is 292 g/mol. The number of halogens is 3. The van der Waals surface area contributed by atoms with Gasteiger partial charge < -0.3 is 4.90 Å². The van der Waals surface area contributed by atoms with Gasteiger partial charge in [-0.25, -0.2) is 0 Å². The molecule has 0 aromatic carbocycles. The number of thioether (sulfide) groups is 1. The largest absolute Gasteiger partial charge is 0.434 e. The first-order valence-electron chi connectivity index (χ1n) is 5.57. The van der Waals surface area contributed by atoms with Gasteiger partial charge in [-0.1, -0.05) is 0 Å². The van der Waals surface area contributed by atoms with Crippen LogP contribution in [-0.2, 0) is 6.18 Å². The number of amides is 1. The van der Waals surface area contributed by atoms with Crippen LogP contribution < -0.4 is 0 Å². The van der Waals surface area contributed by atoms with Crippen LogP contribution >= 0.6 is 11.8 Å². The molecule has 0 radical (unpaired) electrons. The summed E-state index contributed by atoms with van der Waals surface area (Å²) in [5, 5.41) is 0. The summed E-state index contributed by atoms with van der Waals surface area (Å²) in [6, 6.07) is 2.33. The van der Waals surface area contributed by atoms with Crippen LogP contribution in [0.1, 0.15) is 23.0 Å². The molecule has 0 aliphatic carbocycles. The first-order valence-corrected chi connectivity index (χ1v) is 6.96. The van der Waals surface area contributed by atoms with Crippen molar-refractivity contribution in [1.82, 2.24) is 9.88 Å². The standard InChI is InChI=1S/C12H15F3N2OS/c1-8(7-19-3)17(2)11(18)9-5-4-6-16-10(9)12(13,14)15/h4-6,8H,7H2,1-3H3/t8-/m1/s1. The number of carbonyl (C=O) groups excluding carboxylic acids is 1. The Morgan fingerprint density at radius 2 is 2.16 bits per heavy atom. The molecule has 0 aliphatic rings. The van der Waals surface area contributed by atoms with E-state index in [1.54, 1.807) is 6.92 Å². The predicted molar refractivity (Wildman–Crippen MR) is 69.2 cm³/mol. The van der Waals surface area contributed by atoms with Gasteiger partial charge in [0.05, 0.1) is 5.56 Å². The highest BCUT2D eigenvalue weighted by molar-refractivity contribution is 7.98. The van der Waals surface area contributed by atoms with E-state index in [1.807, 2.05) is 6.26 Å². The predicted octanol–water partition coefficient (Wildman–Crippen LogP) is 2.92. The van der Waals surface area contributed by atoms with Crippen molar-refractivity contribution in [2.45, 2.75) is 19.1 Å². The van der Waals surface area contributed by atoms with Gasteiger partial charge in [-0.2, -0.15) is 24.9 Å². The minimum Gasteiger partial charge on any atom is -0.338 e. The molecule has 1 atom stereocenters. The van der Waals surface area contributed by atoms with Crippen LogP contribution in [0.4, 0.5) is 13.2 Å². The fourth-order valence-electron chi connectivity index (χ4n) is 1.55. The molecule has 1 heterocycles. The van der Waals surface area contributed by atoms with E-state index in [0.717, 1.165) is 12.3 Å². The van der Waals surface area contributed by atoms with Gasteiger partial charge in [0.25, 0.3) is 5.91 Å². The second-order valence-corrected chi connectivity index (χ2v) is 5.03. The second kappa shape index (κ2) is 6.27. The highest BCUT2D eigenvalue weighted by atomic mass is 32.2. The van der Waals surface area contributed by atoms with Crippen LogP contribution in [0.15, 0.2) is 18.3 Å². The molecule has 0 unspecified atom stereocenters. The smallest absolute Gasteiger partial charge is 0.338 e. The Hall–Kier alpha value is -1.24. The lowest BCUT2D eigenvalue weighted by Crippen LogP contribution is -2.37. The van der Waals surface area contributed by atoms with Crippen molar-refractivity contribution in [2.24, 2.45) is 0 Å². The molecule has 0 spiro atoms. The van der Waals surface area contributed by atoms with Crippen molar-refractivity contribution in [3.63, 3.8) is 0 Å². The van der Waals surface area contributed by atoms with Crippen LogP contribution in [-0.4, -0.2) is 40.9 Å². The summed E-state index contributed by atoms with van der Waals surface area (Å²) >= 11 is 1.53. The molecule has 0 saturated carbocycles. The molecule has 1 rings (SSSR count). The minimum absolute atomic E-state index is 0.149. The molecule has 3 nitrogen and oxygen atoms in total. The third-order valence-corrected chi connectivity index (χ3v) is 3.51. The lowest BCUT2D eigenvalue weighted by molar-refractivity contribution is -0.141. The molecule has 0 fully saturated rings. The molecular weight excluding hydrogens is 277 g/mol. The quantitative estimate of drug-likeness (QED) is 0.855. The van der Waals surface area contributed by atoms with Gasteiger partial charge in [0.15, 0.2) is 5.69 Å². The first kappa shape index (κ1) is 15.8. The van der Waals surface area contributed by atoms with Gasteiger partial charge in [-0.3, -0.25) is 9.78 Å². The summed E-state index contributed by atoms with van der Waals surface area (Å²) in [6.45, 7) is 1.79. The molecule has 1 aromatic rings. The van der Waals surface area contributed by atoms with E-state index in [1.165, 1.54) is 29.8 Å². The average Bonchev–Trinajstić information content (AvgIpc) is 2.36. The lowest BCUT2D eigenvalue weighted by Gasteiger charge is -2.25. The molecule has 0 aliphatic heterocycles.